The molecule has 3 rings (SSSR count). The van der Waals surface area contributed by atoms with Crippen molar-refractivity contribution in [3.8, 4) is 11.3 Å². The lowest BCUT2D eigenvalue weighted by Gasteiger charge is -2.01. The molecule has 0 radical (unpaired) electrons. The Bertz CT molecular complexity index is 757. The van der Waals surface area contributed by atoms with E-state index in [1.54, 1.807) is 25.3 Å². The number of aliphatic imine (C=N–C) groups is 1. The van der Waals surface area contributed by atoms with E-state index in [9.17, 15) is 4.79 Å². The van der Waals surface area contributed by atoms with E-state index in [0.29, 0.717) is 11.3 Å². The molecule has 1 N–H and O–H groups in total. The second-order valence-electron chi connectivity index (χ2n) is 5.84. The summed E-state index contributed by atoms with van der Waals surface area (Å²) in [6, 6.07) is 11.1. The summed E-state index contributed by atoms with van der Waals surface area (Å²) >= 11 is 0. The van der Waals surface area contributed by atoms with Gasteiger partial charge in [0.2, 0.25) is 0 Å². The van der Waals surface area contributed by atoms with Crippen molar-refractivity contribution in [2.75, 3.05) is 6.54 Å². The van der Waals surface area contributed by atoms with E-state index in [1.807, 2.05) is 24.3 Å². The summed E-state index contributed by atoms with van der Waals surface area (Å²) in [6.07, 6.45) is 6.13. The lowest BCUT2D eigenvalue weighted by atomic mass is 10.1. The quantitative estimate of drug-likeness (QED) is 0.524. The molecule has 24 heavy (non-hydrogen) atoms. The Hall–Kier alpha value is -2.69. The Morgan fingerprint density at radius 1 is 1.17 bits per heavy atom. The van der Waals surface area contributed by atoms with Crippen LogP contribution in [-0.4, -0.2) is 24.4 Å². The summed E-state index contributed by atoms with van der Waals surface area (Å²) in [6.45, 7) is 2.43. The summed E-state index contributed by atoms with van der Waals surface area (Å²) < 4.78 is 5.77. The van der Waals surface area contributed by atoms with Crippen LogP contribution in [0.1, 0.15) is 48.7 Å². The van der Waals surface area contributed by atoms with Crippen molar-refractivity contribution in [2.24, 2.45) is 10.1 Å². The van der Waals surface area contributed by atoms with Crippen molar-refractivity contribution in [1.82, 2.24) is 5.43 Å². The molecule has 2 heterocycles. The number of Topliss-reactive ketones (excluding diaryl/α,β-unsaturated/α-hetero) is 1. The standard InChI is InChI=1S/C19H21N3O2/c1-14(23)15-6-8-16(9-7-15)18-11-10-17(24-18)13-21-22-19-5-3-2-4-12-20-19/h6-11,13H,2-5,12H2,1H3,(H,20,22). The first-order chi connectivity index (χ1) is 11.7. The molecule has 1 aliphatic rings. The van der Waals surface area contributed by atoms with Gasteiger partial charge in [-0.2, -0.15) is 5.10 Å². The van der Waals surface area contributed by atoms with E-state index in [0.717, 1.165) is 43.0 Å². The zero-order chi connectivity index (χ0) is 16.8. The topological polar surface area (TPSA) is 67.0 Å². The van der Waals surface area contributed by atoms with Crippen LogP contribution in [0.2, 0.25) is 0 Å². The van der Waals surface area contributed by atoms with Gasteiger partial charge in [-0.1, -0.05) is 30.7 Å². The molecule has 0 spiro atoms. The summed E-state index contributed by atoms with van der Waals surface area (Å²) in [5.74, 6) is 2.41. The van der Waals surface area contributed by atoms with Gasteiger partial charge in [-0.25, -0.2) is 0 Å². The molecule has 1 aliphatic heterocycles. The van der Waals surface area contributed by atoms with E-state index < -0.39 is 0 Å². The summed E-state index contributed by atoms with van der Waals surface area (Å²) in [5, 5.41) is 4.21. The van der Waals surface area contributed by atoms with Gasteiger partial charge in [0.1, 0.15) is 17.4 Å². The van der Waals surface area contributed by atoms with E-state index in [2.05, 4.69) is 15.5 Å². The lowest BCUT2D eigenvalue weighted by Crippen LogP contribution is -2.17. The number of benzene rings is 1. The van der Waals surface area contributed by atoms with Crippen LogP contribution in [0.5, 0.6) is 0 Å². The van der Waals surface area contributed by atoms with Gasteiger partial charge in [-0.15, -0.1) is 0 Å². The van der Waals surface area contributed by atoms with Crippen LogP contribution in [-0.2, 0) is 0 Å². The first kappa shape index (κ1) is 16.2. The van der Waals surface area contributed by atoms with Crippen molar-refractivity contribution in [3.05, 3.63) is 47.7 Å². The van der Waals surface area contributed by atoms with Crippen molar-refractivity contribution in [3.63, 3.8) is 0 Å². The van der Waals surface area contributed by atoms with Crippen LogP contribution in [0, 0.1) is 0 Å². The van der Waals surface area contributed by atoms with E-state index in [-0.39, 0.29) is 5.78 Å². The molecule has 124 valence electrons. The number of ketones is 1. The number of amidine groups is 1. The molecule has 0 unspecified atom stereocenters. The molecule has 0 bridgehead atoms. The minimum atomic E-state index is 0.0568. The first-order valence-electron chi connectivity index (χ1n) is 8.26. The van der Waals surface area contributed by atoms with E-state index in [1.165, 1.54) is 6.42 Å². The Kier molecular flexibility index (Phi) is 5.21. The van der Waals surface area contributed by atoms with Gasteiger partial charge in [0.05, 0.1) is 6.21 Å². The molecular weight excluding hydrogens is 302 g/mol. The molecule has 0 amide bonds. The van der Waals surface area contributed by atoms with Gasteiger partial charge in [0.25, 0.3) is 0 Å². The first-order valence-corrected chi connectivity index (χ1v) is 8.26. The number of hydrogen-bond acceptors (Lipinski definition) is 5. The maximum Gasteiger partial charge on any atom is 0.159 e. The third-order valence-corrected chi connectivity index (χ3v) is 3.96. The van der Waals surface area contributed by atoms with Gasteiger partial charge >= 0.3 is 0 Å². The molecule has 5 heteroatoms. The third-order valence-electron chi connectivity index (χ3n) is 3.96. The Balaban J connectivity index is 1.63. The largest absolute Gasteiger partial charge is 0.455 e. The number of hydrogen-bond donors (Lipinski definition) is 1. The molecule has 0 saturated carbocycles. The average Bonchev–Trinajstić information content (AvgIpc) is 2.91. The normalized spacial score (nSPS) is 15.1. The highest BCUT2D eigenvalue weighted by Gasteiger charge is 2.06. The maximum atomic E-state index is 11.3. The van der Waals surface area contributed by atoms with Crippen LogP contribution in [0.15, 0.2) is 50.9 Å². The van der Waals surface area contributed by atoms with Gasteiger partial charge in [0.15, 0.2) is 5.78 Å². The monoisotopic (exact) mass is 323 g/mol. The summed E-state index contributed by atoms with van der Waals surface area (Å²) in [4.78, 5) is 15.8. The number of carbonyl (C=O) groups excluding carboxylic acids is 1. The second kappa shape index (κ2) is 7.73. The minimum Gasteiger partial charge on any atom is -0.455 e. The molecule has 5 nitrogen and oxygen atoms in total. The fraction of sp³-hybridized carbons (Fsp3) is 0.316. The number of furan rings is 1. The zero-order valence-electron chi connectivity index (χ0n) is 13.8. The highest BCUT2D eigenvalue weighted by Crippen LogP contribution is 2.22. The number of nitrogens with zero attached hydrogens (tertiary/aromatic N) is 2. The van der Waals surface area contributed by atoms with Gasteiger partial charge in [0, 0.05) is 24.1 Å². The SMILES string of the molecule is CC(=O)c1ccc(-c2ccc(C=NNC3=NCCCCC3)o2)cc1. The van der Waals surface area contributed by atoms with Crippen molar-refractivity contribution >= 4 is 17.8 Å². The Morgan fingerprint density at radius 3 is 2.79 bits per heavy atom. The van der Waals surface area contributed by atoms with E-state index in [4.69, 9.17) is 4.42 Å². The fourth-order valence-corrected chi connectivity index (χ4v) is 2.58. The van der Waals surface area contributed by atoms with Gasteiger partial charge in [-0.3, -0.25) is 15.2 Å². The highest BCUT2D eigenvalue weighted by molar-refractivity contribution is 5.94. The fourth-order valence-electron chi connectivity index (χ4n) is 2.58. The number of carbonyl (C=O) groups is 1. The predicted octanol–water partition coefficient (Wildman–Crippen LogP) is 4.05. The molecule has 0 fully saturated rings. The lowest BCUT2D eigenvalue weighted by molar-refractivity contribution is 0.101. The van der Waals surface area contributed by atoms with Crippen molar-refractivity contribution < 1.29 is 9.21 Å². The predicted molar refractivity (Wildman–Crippen MR) is 95.6 cm³/mol. The van der Waals surface area contributed by atoms with Crippen LogP contribution in [0.25, 0.3) is 11.3 Å². The second-order valence-corrected chi connectivity index (χ2v) is 5.84. The smallest absolute Gasteiger partial charge is 0.159 e. The van der Waals surface area contributed by atoms with Gasteiger partial charge in [-0.05, 0) is 31.9 Å². The van der Waals surface area contributed by atoms with Crippen molar-refractivity contribution in [1.29, 1.82) is 0 Å². The minimum absolute atomic E-state index is 0.0568. The number of nitrogens with one attached hydrogen (secondary N) is 1. The van der Waals surface area contributed by atoms with Crippen LogP contribution in [0.4, 0.5) is 0 Å². The molecule has 2 aromatic rings. The maximum absolute atomic E-state index is 11.3. The highest BCUT2D eigenvalue weighted by atomic mass is 16.3. The Labute approximate surface area is 141 Å². The molecule has 0 atom stereocenters. The molecule has 1 aromatic carbocycles. The Morgan fingerprint density at radius 2 is 2.00 bits per heavy atom. The summed E-state index contributed by atoms with van der Waals surface area (Å²) in [5.41, 5.74) is 4.63. The molecule has 0 aliphatic carbocycles. The molecule has 1 aromatic heterocycles. The zero-order valence-corrected chi connectivity index (χ0v) is 13.8. The molecule has 0 saturated heterocycles. The average molecular weight is 323 g/mol. The number of hydrazone groups is 1. The number of rotatable bonds is 4. The molecular formula is C19H21N3O2. The van der Waals surface area contributed by atoms with Crippen molar-refractivity contribution in [2.45, 2.75) is 32.6 Å². The third kappa shape index (κ3) is 4.19. The van der Waals surface area contributed by atoms with Gasteiger partial charge < -0.3 is 4.42 Å². The summed E-state index contributed by atoms with van der Waals surface area (Å²) in [7, 11) is 0. The van der Waals surface area contributed by atoms with Crippen LogP contribution < -0.4 is 5.43 Å². The van der Waals surface area contributed by atoms with E-state index >= 15 is 0 Å². The van der Waals surface area contributed by atoms with Crippen LogP contribution >= 0.6 is 0 Å². The van der Waals surface area contributed by atoms with Crippen LogP contribution in [0.3, 0.4) is 0 Å².